The second kappa shape index (κ2) is 10.6. The molecule has 1 aliphatic rings. The second-order valence-electron chi connectivity index (χ2n) is 7.51. The van der Waals surface area contributed by atoms with Crippen molar-refractivity contribution in [2.24, 2.45) is 10.9 Å². The third-order valence-corrected chi connectivity index (χ3v) is 5.32. The zero-order valence-electron chi connectivity index (χ0n) is 17.3. The summed E-state index contributed by atoms with van der Waals surface area (Å²) in [7, 11) is 5.88. The highest BCUT2D eigenvalue weighted by molar-refractivity contribution is 14.0. The summed E-state index contributed by atoms with van der Waals surface area (Å²) in [6, 6.07) is 17.0. The number of guanidine groups is 1. The van der Waals surface area contributed by atoms with Crippen LogP contribution in [0.25, 0.3) is 0 Å². The van der Waals surface area contributed by atoms with Crippen molar-refractivity contribution in [1.29, 1.82) is 0 Å². The molecule has 0 amide bonds. The van der Waals surface area contributed by atoms with E-state index in [1.807, 2.05) is 32.1 Å². The number of likely N-dealkylation sites (tertiary alicyclic amines) is 1. The molecule has 0 bridgehead atoms. The molecule has 2 atom stereocenters. The summed E-state index contributed by atoms with van der Waals surface area (Å²) < 4.78 is 0. The quantitative estimate of drug-likeness (QED) is 0.398. The highest BCUT2D eigenvalue weighted by atomic mass is 127. The summed E-state index contributed by atoms with van der Waals surface area (Å²) in [6.45, 7) is 5.07. The van der Waals surface area contributed by atoms with Crippen molar-refractivity contribution in [3.8, 4) is 0 Å². The van der Waals surface area contributed by atoms with Gasteiger partial charge in [0, 0.05) is 34.2 Å². The first kappa shape index (κ1) is 22.5. The topological polar surface area (TPSA) is 43.8 Å². The predicted octanol–water partition coefficient (Wildman–Crippen LogP) is 3.97. The fraction of sp³-hybridized carbons (Fsp3) is 0.455. The van der Waals surface area contributed by atoms with E-state index in [1.54, 1.807) is 0 Å². The van der Waals surface area contributed by atoms with Crippen molar-refractivity contribution in [2.75, 3.05) is 39.1 Å². The largest absolute Gasteiger partial charge is 0.363 e. The normalized spacial score (nSPS) is 19.7. The maximum Gasteiger partial charge on any atom is 0.193 e. The molecule has 0 radical (unpaired) electrons. The Morgan fingerprint density at radius 3 is 2.57 bits per heavy atom. The van der Waals surface area contributed by atoms with Gasteiger partial charge in [-0.1, -0.05) is 43.3 Å². The van der Waals surface area contributed by atoms with E-state index in [4.69, 9.17) is 0 Å². The molecule has 1 N–H and O–H groups in total. The van der Waals surface area contributed by atoms with Gasteiger partial charge in [-0.3, -0.25) is 4.99 Å². The molecule has 1 fully saturated rings. The van der Waals surface area contributed by atoms with Gasteiger partial charge in [-0.05, 0) is 36.0 Å². The van der Waals surface area contributed by atoms with Gasteiger partial charge in [0.05, 0.1) is 12.2 Å². The van der Waals surface area contributed by atoms with Gasteiger partial charge in [0.1, 0.15) is 5.82 Å². The summed E-state index contributed by atoms with van der Waals surface area (Å²) in [5.41, 5.74) is 2.48. The molecule has 6 heteroatoms. The molecule has 28 heavy (non-hydrogen) atoms. The minimum Gasteiger partial charge on any atom is -0.363 e. The average Bonchev–Trinajstić information content (AvgIpc) is 2.69. The van der Waals surface area contributed by atoms with Crippen LogP contribution in [0.3, 0.4) is 0 Å². The number of aliphatic imine (C=N–C) groups is 1. The van der Waals surface area contributed by atoms with Gasteiger partial charge in [-0.2, -0.15) is 0 Å². The number of nitrogens with zero attached hydrogens (tertiary/aromatic N) is 4. The van der Waals surface area contributed by atoms with E-state index in [1.165, 1.54) is 5.56 Å². The zero-order chi connectivity index (χ0) is 19.2. The molecule has 1 saturated heterocycles. The van der Waals surface area contributed by atoms with Crippen LogP contribution < -0.4 is 10.2 Å². The van der Waals surface area contributed by atoms with E-state index < -0.39 is 0 Å². The zero-order valence-corrected chi connectivity index (χ0v) is 19.6. The second-order valence-corrected chi connectivity index (χ2v) is 7.51. The highest BCUT2D eigenvalue weighted by Crippen LogP contribution is 2.32. The molecule has 2 heterocycles. The molecule has 5 nitrogen and oxygen atoms in total. The van der Waals surface area contributed by atoms with Crippen molar-refractivity contribution < 1.29 is 0 Å². The highest BCUT2D eigenvalue weighted by Gasteiger charge is 2.28. The summed E-state index contributed by atoms with van der Waals surface area (Å²) in [5.74, 6) is 3.15. The maximum absolute atomic E-state index is 4.68. The first-order chi connectivity index (χ1) is 13.1. The third kappa shape index (κ3) is 5.59. The molecule has 152 valence electrons. The minimum absolute atomic E-state index is 0. The smallest absolute Gasteiger partial charge is 0.193 e. The number of rotatable bonds is 4. The Balaban J connectivity index is 0.00000280. The Kier molecular flexibility index (Phi) is 8.54. The van der Waals surface area contributed by atoms with Gasteiger partial charge >= 0.3 is 0 Å². The van der Waals surface area contributed by atoms with Crippen LogP contribution in [0.2, 0.25) is 0 Å². The molecule has 2 aromatic rings. The van der Waals surface area contributed by atoms with Gasteiger partial charge in [0.25, 0.3) is 0 Å². The van der Waals surface area contributed by atoms with Crippen molar-refractivity contribution >= 4 is 35.8 Å². The Hall–Kier alpha value is -1.83. The molecule has 1 aromatic carbocycles. The molecule has 0 saturated carbocycles. The molecular weight excluding hydrogens is 461 g/mol. The Morgan fingerprint density at radius 2 is 1.93 bits per heavy atom. The first-order valence-corrected chi connectivity index (χ1v) is 9.72. The molecule has 0 aliphatic carbocycles. The standard InChI is InChI=1S/C22H31N5.HI/c1-17-16-27(14-13-20(17)18-9-6-5-7-10-18)22(23-2)24-15-19-11-8-12-21(25-19)26(3)4;/h5-12,17,20H,13-16H2,1-4H3,(H,23,24);1H. The fourth-order valence-electron chi connectivity index (χ4n) is 3.85. The van der Waals surface area contributed by atoms with Crippen molar-refractivity contribution in [3.63, 3.8) is 0 Å². The van der Waals surface area contributed by atoms with Gasteiger partial charge < -0.3 is 15.1 Å². The fourth-order valence-corrected chi connectivity index (χ4v) is 3.85. The van der Waals surface area contributed by atoms with Crippen LogP contribution in [-0.2, 0) is 6.54 Å². The number of anilines is 1. The van der Waals surface area contributed by atoms with E-state index >= 15 is 0 Å². The summed E-state index contributed by atoms with van der Waals surface area (Å²) in [4.78, 5) is 13.6. The van der Waals surface area contributed by atoms with Gasteiger partial charge in [-0.25, -0.2) is 4.98 Å². The predicted molar refractivity (Wildman–Crippen MR) is 129 cm³/mol. The van der Waals surface area contributed by atoms with Crippen LogP contribution in [0, 0.1) is 5.92 Å². The maximum atomic E-state index is 4.68. The van der Waals surface area contributed by atoms with Crippen molar-refractivity contribution in [1.82, 2.24) is 15.2 Å². The van der Waals surface area contributed by atoms with Gasteiger partial charge in [0.15, 0.2) is 5.96 Å². The number of benzene rings is 1. The number of nitrogens with one attached hydrogen (secondary N) is 1. The lowest BCUT2D eigenvalue weighted by atomic mass is 9.82. The van der Waals surface area contributed by atoms with E-state index in [0.717, 1.165) is 37.0 Å². The van der Waals surface area contributed by atoms with Crippen LogP contribution >= 0.6 is 24.0 Å². The van der Waals surface area contributed by atoms with Crippen molar-refractivity contribution in [3.05, 3.63) is 59.8 Å². The number of aromatic nitrogens is 1. The van der Waals surface area contributed by atoms with Crippen LogP contribution in [0.5, 0.6) is 0 Å². The van der Waals surface area contributed by atoms with Crippen LogP contribution in [0.4, 0.5) is 5.82 Å². The Bertz CT molecular complexity index is 763. The van der Waals surface area contributed by atoms with E-state index in [9.17, 15) is 0 Å². The first-order valence-electron chi connectivity index (χ1n) is 9.72. The number of piperidine rings is 1. The minimum atomic E-state index is 0. The molecular formula is C22H32IN5. The Morgan fingerprint density at radius 1 is 1.18 bits per heavy atom. The monoisotopic (exact) mass is 493 g/mol. The summed E-state index contributed by atoms with van der Waals surface area (Å²) in [6.07, 6.45) is 1.15. The summed E-state index contributed by atoms with van der Waals surface area (Å²) >= 11 is 0. The Labute approximate surface area is 186 Å². The lowest BCUT2D eigenvalue weighted by molar-refractivity contribution is 0.234. The SMILES string of the molecule is CN=C(NCc1cccc(N(C)C)n1)N1CCC(c2ccccc2)C(C)C1.I. The van der Waals surface area contributed by atoms with E-state index in [-0.39, 0.29) is 24.0 Å². The number of halogens is 1. The number of hydrogen-bond acceptors (Lipinski definition) is 3. The van der Waals surface area contributed by atoms with Crippen LogP contribution in [0.1, 0.15) is 30.5 Å². The third-order valence-electron chi connectivity index (χ3n) is 5.32. The van der Waals surface area contributed by atoms with Crippen LogP contribution in [0.15, 0.2) is 53.5 Å². The van der Waals surface area contributed by atoms with Gasteiger partial charge in [0.2, 0.25) is 0 Å². The van der Waals surface area contributed by atoms with Crippen LogP contribution in [-0.4, -0.2) is 50.1 Å². The van der Waals surface area contributed by atoms with E-state index in [2.05, 4.69) is 69.6 Å². The lowest BCUT2D eigenvalue weighted by Gasteiger charge is -2.38. The molecule has 1 aliphatic heterocycles. The summed E-state index contributed by atoms with van der Waals surface area (Å²) in [5, 5.41) is 3.49. The average molecular weight is 493 g/mol. The number of pyridine rings is 1. The van der Waals surface area contributed by atoms with Gasteiger partial charge in [-0.15, -0.1) is 24.0 Å². The number of hydrogen-bond donors (Lipinski definition) is 1. The molecule has 0 spiro atoms. The van der Waals surface area contributed by atoms with Crippen molar-refractivity contribution in [2.45, 2.75) is 25.8 Å². The molecule has 3 rings (SSSR count). The lowest BCUT2D eigenvalue weighted by Crippen LogP contribution is -2.47. The molecule has 2 unspecified atom stereocenters. The van der Waals surface area contributed by atoms with E-state index in [0.29, 0.717) is 18.4 Å². The molecule has 1 aromatic heterocycles.